The first-order chi connectivity index (χ1) is 17.7. The van der Waals surface area contributed by atoms with Crippen molar-refractivity contribution in [3.63, 3.8) is 0 Å². The second-order valence-corrected chi connectivity index (χ2v) is 12.1. The lowest BCUT2D eigenvalue weighted by Gasteiger charge is -2.35. The molecule has 0 amide bonds. The van der Waals surface area contributed by atoms with Crippen LogP contribution >= 0.6 is 0 Å². The number of rotatable bonds is 11. The molecule has 2 heterocycles. The molecule has 2 fully saturated rings. The van der Waals surface area contributed by atoms with Crippen LogP contribution in [-0.2, 0) is 9.84 Å². The second-order valence-electron chi connectivity index (χ2n) is 10.1. The largest absolute Gasteiger partial charge is 0.475 e. The minimum Gasteiger partial charge on any atom is -0.475 e. The SMILES string of the molecule is CCC(C1CCCN1)N(c1ccc(OCS(C)(=O)=O)c(F)c1)c1nc(N)nc(NCC2CCCCC2)n1. The molecule has 2 aromatic rings. The fraction of sp³-hybridized carbons (Fsp3) is 0.640. The average Bonchev–Trinajstić information content (AvgIpc) is 3.39. The number of halogens is 1. The van der Waals surface area contributed by atoms with Crippen molar-refractivity contribution >= 4 is 33.4 Å². The lowest BCUT2D eigenvalue weighted by Crippen LogP contribution is -2.46. The number of hydrogen-bond donors (Lipinski definition) is 3. The molecule has 4 rings (SSSR count). The third kappa shape index (κ3) is 7.41. The van der Waals surface area contributed by atoms with Crippen molar-refractivity contribution in [2.24, 2.45) is 5.92 Å². The van der Waals surface area contributed by atoms with E-state index in [-0.39, 0.29) is 23.8 Å². The predicted molar refractivity (Wildman–Crippen MR) is 143 cm³/mol. The summed E-state index contributed by atoms with van der Waals surface area (Å²) in [5.74, 6) is -0.000233. The Hall–Kier alpha value is -2.73. The van der Waals surface area contributed by atoms with Gasteiger partial charge in [-0.2, -0.15) is 15.0 Å². The van der Waals surface area contributed by atoms with Gasteiger partial charge in [-0.15, -0.1) is 0 Å². The molecule has 0 radical (unpaired) electrons. The molecule has 1 aliphatic carbocycles. The molecule has 2 atom stereocenters. The maximum atomic E-state index is 15.1. The van der Waals surface area contributed by atoms with Crippen LogP contribution in [0.3, 0.4) is 0 Å². The van der Waals surface area contributed by atoms with Crippen LogP contribution in [0, 0.1) is 11.7 Å². The Kier molecular flexibility index (Phi) is 9.01. The summed E-state index contributed by atoms with van der Waals surface area (Å²) in [6, 6.07) is 4.53. The molecule has 2 unspecified atom stereocenters. The third-order valence-electron chi connectivity index (χ3n) is 7.06. The van der Waals surface area contributed by atoms with E-state index in [0.717, 1.165) is 38.6 Å². The average molecular weight is 536 g/mol. The van der Waals surface area contributed by atoms with Crippen molar-refractivity contribution in [3.05, 3.63) is 24.0 Å². The number of ether oxygens (including phenoxy) is 1. The zero-order valence-corrected chi connectivity index (χ0v) is 22.4. The van der Waals surface area contributed by atoms with Gasteiger partial charge in [0.25, 0.3) is 0 Å². The highest BCUT2D eigenvalue weighted by Gasteiger charge is 2.32. The molecule has 1 saturated carbocycles. The van der Waals surface area contributed by atoms with Crippen molar-refractivity contribution in [1.82, 2.24) is 20.3 Å². The molecule has 10 nitrogen and oxygen atoms in total. The Labute approximate surface area is 218 Å². The number of nitrogens with zero attached hydrogens (tertiary/aromatic N) is 4. The number of sulfone groups is 1. The molecule has 204 valence electrons. The van der Waals surface area contributed by atoms with Gasteiger partial charge in [0.15, 0.2) is 27.3 Å². The summed E-state index contributed by atoms with van der Waals surface area (Å²) in [6.07, 6.45) is 9.95. The van der Waals surface area contributed by atoms with Crippen LogP contribution in [0.5, 0.6) is 5.75 Å². The van der Waals surface area contributed by atoms with E-state index < -0.39 is 21.6 Å². The molecule has 0 bridgehead atoms. The topological polar surface area (TPSA) is 135 Å². The number of anilines is 4. The zero-order valence-electron chi connectivity index (χ0n) is 21.6. The van der Waals surface area contributed by atoms with Gasteiger partial charge in [-0.1, -0.05) is 26.2 Å². The van der Waals surface area contributed by atoms with E-state index in [0.29, 0.717) is 23.5 Å². The van der Waals surface area contributed by atoms with Crippen LogP contribution in [0.2, 0.25) is 0 Å². The van der Waals surface area contributed by atoms with Gasteiger partial charge < -0.3 is 26.0 Å². The van der Waals surface area contributed by atoms with Gasteiger partial charge in [-0.3, -0.25) is 0 Å². The molecule has 0 spiro atoms. The van der Waals surface area contributed by atoms with E-state index in [1.807, 2.05) is 4.90 Å². The van der Waals surface area contributed by atoms with Crippen LogP contribution in [0.15, 0.2) is 18.2 Å². The minimum atomic E-state index is -3.42. The van der Waals surface area contributed by atoms with Gasteiger partial charge in [-0.25, -0.2) is 12.8 Å². The summed E-state index contributed by atoms with van der Waals surface area (Å²) >= 11 is 0. The maximum Gasteiger partial charge on any atom is 0.236 e. The van der Waals surface area contributed by atoms with Crippen molar-refractivity contribution in [3.8, 4) is 5.75 Å². The highest BCUT2D eigenvalue weighted by Crippen LogP contribution is 2.33. The monoisotopic (exact) mass is 535 g/mol. The summed E-state index contributed by atoms with van der Waals surface area (Å²) in [6.45, 7) is 3.75. The first-order valence-corrected chi connectivity index (χ1v) is 15.2. The number of nitrogen functional groups attached to an aromatic ring is 1. The van der Waals surface area contributed by atoms with E-state index in [2.05, 4.69) is 27.5 Å². The number of benzene rings is 1. The first-order valence-electron chi connectivity index (χ1n) is 13.1. The van der Waals surface area contributed by atoms with Crippen LogP contribution in [-0.4, -0.2) is 60.7 Å². The van der Waals surface area contributed by atoms with Crippen molar-refractivity contribution < 1.29 is 17.5 Å². The standard InChI is InChI=1S/C25H38FN7O3S/c1-3-21(20-10-7-13-28-20)33(18-11-12-22(19(26)14-18)36-16-37(2,34)35)25-31-23(27)30-24(32-25)29-15-17-8-5-4-6-9-17/h11-12,14,17,20-21,28H,3-10,13,15-16H2,1-2H3,(H3,27,29,30,31,32). The van der Waals surface area contributed by atoms with Crippen LogP contribution < -0.4 is 26.0 Å². The number of nitrogens with two attached hydrogens (primary N) is 1. The first kappa shape index (κ1) is 27.3. The molecule has 37 heavy (non-hydrogen) atoms. The Morgan fingerprint density at radius 1 is 1.19 bits per heavy atom. The summed E-state index contributed by atoms with van der Waals surface area (Å²) in [4.78, 5) is 15.4. The lowest BCUT2D eigenvalue weighted by atomic mass is 9.89. The van der Waals surface area contributed by atoms with Crippen molar-refractivity contribution in [1.29, 1.82) is 0 Å². The fourth-order valence-electron chi connectivity index (χ4n) is 5.26. The lowest BCUT2D eigenvalue weighted by molar-refractivity contribution is 0.356. The normalized spacial score (nSPS) is 19.5. The fourth-order valence-corrected chi connectivity index (χ4v) is 5.60. The third-order valence-corrected chi connectivity index (χ3v) is 7.61. The van der Waals surface area contributed by atoms with E-state index in [1.54, 1.807) is 6.07 Å². The number of hydrogen-bond acceptors (Lipinski definition) is 10. The molecule has 12 heteroatoms. The van der Waals surface area contributed by atoms with E-state index in [4.69, 9.17) is 15.5 Å². The van der Waals surface area contributed by atoms with Crippen LogP contribution in [0.4, 0.5) is 27.9 Å². The molecular weight excluding hydrogens is 497 g/mol. The van der Waals surface area contributed by atoms with Crippen molar-refractivity contribution in [2.75, 3.05) is 41.2 Å². The minimum absolute atomic E-state index is 0.0716. The Morgan fingerprint density at radius 3 is 2.62 bits per heavy atom. The second kappa shape index (κ2) is 12.2. The van der Waals surface area contributed by atoms with Gasteiger partial charge in [0, 0.05) is 30.6 Å². The molecule has 4 N–H and O–H groups in total. The molecule has 1 aliphatic heterocycles. The highest BCUT2D eigenvalue weighted by molar-refractivity contribution is 7.90. The predicted octanol–water partition coefficient (Wildman–Crippen LogP) is 3.63. The highest BCUT2D eigenvalue weighted by atomic mass is 32.2. The molecule has 1 saturated heterocycles. The van der Waals surface area contributed by atoms with E-state index >= 15 is 4.39 Å². The Bertz CT molecular complexity index is 1150. The summed E-state index contributed by atoms with van der Waals surface area (Å²) < 4.78 is 43.2. The summed E-state index contributed by atoms with van der Waals surface area (Å²) in [5.41, 5.74) is 6.64. The van der Waals surface area contributed by atoms with Gasteiger partial charge in [-0.05, 0) is 56.7 Å². The van der Waals surface area contributed by atoms with E-state index in [9.17, 15) is 8.42 Å². The number of nitrogens with one attached hydrogen (secondary N) is 2. The van der Waals surface area contributed by atoms with Gasteiger partial charge >= 0.3 is 0 Å². The Morgan fingerprint density at radius 2 is 1.97 bits per heavy atom. The van der Waals surface area contributed by atoms with Crippen LogP contribution in [0.1, 0.15) is 58.3 Å². The van der Waals surface area contributed by atoms with Crippen molar-refractivity contribution in [2.45, 2.75) is 70.4 Å². The maximum absolute atomic E-state index is 15.1. The quantitative estimate of drug-likeness (QED) is 0.391. The number of aromatic nitrogens is 3. The van der Waals surface area contributed by atoms with Gasteiger partial charge in [0.1, 0.15) is 0 Å². The van der Waals surface area contributed by atoms with Gasteiger partial charge in [0.2, 0.25) is 17.8 Å². The summed E-state index contributed by atoms with van der Waals surface area (Å²) in [7, 11) is -3.42. The van der Waals surface area contributed by atoms with Crippen LogP contribution in [0.25, 0.3) is 0 Å². The zero-order chi connectivity index (χ0) is 26.4. The molecule has 1 aromatic heterocycles. The van der Waals surface area contributed by atoms with Gasteiger partial charge in [0.05, 0.1) is 6.04 Å². The molecule has 2 aliphatic rings. The van der Waals surface area contributed by atoms with E-state index in [1.165, 1.54) is 44.2 Å². The molecule has 1 aromatic carbocycles. The smallest absolute Gasteiger partial charge is 0.236 e. The Balaban J connectivity index is 1.65. The summed E-state index contributed by atoms with van der Waals surface area (Å²) in [5, 5.41) is 6.89. The molecular formula is C25H38FN7O3S.